The van der Waals surface area contributed by atoms with Crippen LogP contribution in [0.2, 0.25) is 0 Å². The summed E-state index contributed by atoms with van der Waals surface area (Å²) in [7, 11) is 1.83. The van der Waals surface area contributed by atoms with Gasteiger partial charge in [-0.25, -0.2) is 0 Å². The van der Waals surface area contributed by atoms with Crippen LogP contribution in [0.15, 0.2) is 42.5 Å². The fourth-order valence-electron chi connectivity index (χ4n) is 3.66. The molecule has 0 saturated carbocycles. The van der Waals surface area contributed by atoms with Crippen LogP contribution in [0.4, 0.5) is 0 Å². The molecule has 3 rings (SSSR count). The summed E-state index contributed by atoms with van der Waals surface area (Å²) in [4.78, 5) is 27.2. The van der Waals surface area contributed by atoms with Gasteiger partial charge in [0.2, 0.25) is 0 Å². The van der Waals surface area contributed by atoms with E-state index in [2.05, 4.69) is 0 Å². The van der Waals surface area contributed by atoms with Crippen LogP contribution in [0.1, 0.15) is 19.3 Å². The van der Waals surface area contributed by atoms with Gasteiger partial charge >= 0.3 is 5.97 Å². The molecule has 1 amide bonds. The molecule has 0 radical (unpaired) electrons. The first-order valence-electron chi connectivity index (χ1n) is 9.35. The molecule has 1 saturated heterocycles. The third kappa shape index (κ3) is 4.98. The number of carbonyl (C=O) groups excluding carboxylic acids is 1. The number of carboxylic acids is 1. The zero-order valence-electron chi connectivity index (χ0n) is 15.6. The van der Waals surface area contributed by atoms with E-state index < -0.39 is 5.97 Å². The molecule has 2 aromatic rings. The number of ether oxygens (including phenoxy) is 1. The van der Waals surface area contributed by atoms with Gasteiger partial charge in [0, 0.05) is 24.5 Å². The average Bonchev–Trinajstić information content (AvgIpc) is 2.92. The maximum Gasteiger partial charge on any atom is 0.317 e. The van der Waals surface area contributed by atoms with Crippen molar-refractivity contribution < 1.29 is 19.4 Å². The number of fused-ring (bicyclic) bond motifs is 1. The van der Waals surface area contributed by atoms with Crippen LogP contribution in [-0.2, 0) is 9.59 Å². The van der Waals surface area contributed by atoms with Crippen molar-refractivity contribution in [1.29, 1.82) is 0 Å². The second kappa shape index (κ2) is 8.86. The molecule has 1 aliphatic heterocycles. The molecule has 1 aliphatic rings. The highest BCUT2D eigenvalue weighted by molar-refractivity contribution is 5.88. The summed E-state index contributed by atoms with van der Waals surface area (Å²) in [6, 6.07) is 14.0. The van der Waals surface area contributed by atoms with Gasteiger partial charge < -0.3 is 14.7 Å². The lowest BCUT2D eigenvalue weighted by Crippen LogP contribution is -2.38. The van der Waals surface area contributed by atoms with Crippen LogP contribution in [0.3, 0.4) is 0 Å². The number of likely N-dealkylation sites (N-methyl/N-ethyl adjacent to an activating group) is 1. The van der Waals surface area contributed by atoms with Crippen molar-refractivity contribution in [1.82, 2.24) is 9.80 Å². The van der Waals surface area contributed by atoms with Crippen LogP contribution >= 0.6 is 0 Å². The number of hydrogen-bond donors (Lipinski definition) is 1. The number of likely N-dealkylation sites (tertiary alicyclic amines) is 1. The SMILES string of the molecule is CN(CC(=O)O)C1CCCN(C(=O)COc2cccc3ccccc23)CC1. The molecule has 0 aliphatic carbocycles. The number of rotatable bonds is 6. The van der Waals surface area contributed by atoms with Crippen molar-refractivity contribution in [2.24, 2.45) is 0 Å². The Morgan fingerprint density at radius 3 is 2.74 bits per heavy atom. The van der Waals surface area contributed by atoms with Crippen LogP contribution in [0.25, 0.3) is 10.8 Å². The van der Waals surface area contributed by atoms with Crippen molar-refractivity contribution in [3.63, 3.8) is 0 Å². The molecule has 2 aromatic carbocycles. The predicted octanol–water partition coefficient (Wildman–Crippen LogP) is 2.62. The molecule has 6 heteroatoms. The molecule has 0 bridgehead atoms. The highest BCUT2D eigenvalue weighted by Gasteiger charge is 2.24. The van der Waals surface area contributed by atoms with Gasteiger partial charge in [-0.3, -0.25) is 14.5 Å². The molecule has 6 nitrogen and oxygen atoms in total. The lowest BCUT2D eigenvalue weighted by molar-refractivity contribution is -0.138. The molecule has 1 heterocycles. The van der Waals surface area contributed by atoms with E-state index in [0.29, 0.717) is 13.1 Å². The summed E-state index contributed by atoms with van der Waals surface area (Å²) in [5.41, 5.74) is 0. The van der Waals surface area contributed by atoms with Gasteiger partial charge in [0.15, 0.2) is 6.61 Å². The van der Waals surface area contributed by atoms with E-state index in [-0.39, 0.29) is 25.1 Å². The second-order valence-electron chi connectivity index (χ2n) is 7.04. The minimum absolute atomic E-state index is 0.0175. The number of carboxylic acid groups (broad SMARTS) is 1. The lowest BCUT2D eigenvalue weighted by atomic mass is 10.1. The van der Waals surface area contributed by atoms with E-state index in [4.69, 9.17) is 9.84 Å². The maximum atomic E-state index is 12.6. The first-order valence-corrected chi connectivity index (χ1v) is 9.35. The van der Waals surface area contributed by atoms with Crippen molar-refractivity contribution >= 4 is 22.6 Å². The van der Waals surface area contributed by atoms with Crippen LogP contribution in [0.5, 0.6) is 5.75 Å². The van der Waals surface area contributed by atoms with E-state index in [1.165, 1.54) is 0 Å². The molecule has 0 spiro atoms. The fraction of sp³-hybridized carbons (Fsp3) is 0.429. The first kappa shape index (κ1) is 19.2. The number of amides is 1. The summed E-state index contributed by atoms with van der Waals surface area (Å²) in [5.74, 6) is -0.127. The Morgan fingerprint density at radius 1 is 1.15 bits per heavy atom. The molecular weight excluding hydrogens is 344 g/mol. The standard InChI is InChI=1S/C21H26N2O4/c1-22(14-21(25)26)17-8-5-12-23(13-11-17)20(24)15-27-19-10-4-7-16-6-2-3-9-18(16)19/h2-4,6-7,9-10,17H,5,8,11-15H2,1H3,(H,25,26). The molecule has 144 valence electrons. The van der Waals surface area contributed by atoms with Gasteiger partial charge in [0.25, 0.3) is 5.91 Å². The number of nitrogens with zero attached hydrogens (tertiary/aromatic N) is 2. The third-order valence-electron chi connectivity index (χ3n) is 5.16. The van der Waals surface area contributed by atoms with Crippen LogP contribution < -0.4 is 4.74 Å². The van der Waals surface area contributed by atoms with Crippen molar-refractivity contribution in [3.8, 4) is 5.75 Å². The van der Waals surface area contributed by atoms with Crippen LogP contribution in [0, 0.1) is 0 Å². The minimum atomic E-state index is -0.821. The lowest BCUT2D eigenvalue weighted by Gasteiger charge is -2.25. The summed E-state index contributed by atoms with van der Waals surface area (Å²) < 4.78 is 5.82. The third-order valence-corrected chi connectivity index (χ3v) is 5.16. The molecule has 1 atom stereocenters. The quantitative estimate of drug-likeness (QED) is 0.846. The number of hydrogen-bond acceptors (Lipinski definition) is 4. The van der Waals surface area contributed by atoms with E-state index >= 15 is 0 Å². The molecule has 1 fully saturated rings. The van der Waals surface area contributed by atoms with Gasteiger partial charge in [-0.2, -0.15) is 0 Å². The highest BCUT2D eigenvalue weighted by Crippen LogP contribution is 2.25. The van der Waals surface area contributed by atoms with E-state index in [9.17, 15) is 9.59 Å². The smallest absolute Gasteiger partial charge is 0.317 e. The molecule has 1 N–H and O–H groups in total. The molecular formula is C21H26N2O4. The summed E-state index contributed by atoms with van der Waals surface area (Å²) in [6.07, 6.45) is 2.55. The minimum Gasteiger partial charge on any atom is -0.483 e. The Morgan fingerprint density at radius 2 is 1.93 bits per heavy atom. The van der Waals surface area contributed by atoms with E-state index in [1.54, 1.807) is 0 Å². The zero-order valence-corrected chi connectivity index (χ0v) is 15.6. The summed E-state index contributed by atoms with van der Waals surface area (Å²) >= 11 is 0. The average molecular weight is 370 g/mol. The van der Waals surface area contributed by atoms with E-state index in [0.717, 1.165) is 35.8 Å². The number of benzene rings is 2. The van der Waals surface area contributed by atoms with Crippen molar-refractivity contribution in [3.05, 3.63) is 42.5 Å². The Kier molecular flexibility index (Phi) is 6.29. The number of carbonyl (C=O) groups is 2. The second-order valence-corrected chi connectivity index (χ2v) is 7.04. The fourth-order valence-corrected chi connectivity index (χ4v) is 3.66. The predicted molar refractivity (Wildman–Crippen MR) is 104 cm³/mol. The first-order chi connectivity index (χ1) is 13.0. The molecule has 0 aromatic heterocycles. The van der Waals surface area contributed by atoms with Gasteiger partial charge in [-0.15, -0.1) is 0 Å². The molecule has 27 heavy (non-hydrogen) atoms. The monoisotopic (exact) mass is 370 g/mol. The normalized spacial score (nSPS) is 17.7. The van der Waals surface area contributed by atoms with Crippen molar-refractivity contribution in [2.45, 2.75) is 25.3 Å². The van der Waals surface area contributed by atoms with Gasteiger partial charge in [-0.05, 0) is 37.8 Å². The summed E-state index contributed by atoms with van der Waals surface area (Å²) in [6.45, 7) is 1.37. The van der Waals surface area contributed by atoms with Gasteiger partial charge in [0.1, 0.15) is 5.75 Å². The van der Waals surface area contributed by atoms with E-state index in [1.807, 2.05) is 59.3 Å². The Labute approximate surface area is 159 Å². The maximum absolute atomic E-state index is 12.6. The summed E-state index contributed by atoms with van der Waals surface area (Å²) in [5, 5.41) is 11.0. The van der Waals surface area contributed by atoms with Gasteiger partial charge in [0.05, 0.1) is 6.54 Å². The largest absolute Gasteiger partial charge is 0.483 e. The highest BCUT2D eigenvalue weighted by atomic mass is 16.5. The zero-order chi connectivity index (χ0) is 19.2. The van der Waals surface area contributed by atoms with Crippen LogP contribution in [-0.4, -0.2) is 66.1 Å². The van der Waals surface area contributed by atoms with Crippen molar-refractivity contribution in [2.75, 3.05) is 33.3 Å². The Balaban J connectivity index is 1.56. The Bertz CT molecular complexity index is 802. The molecule has 1 unspecified atom stereocenters. The van der Waals surface area contributed by atoms with Gasteiger partial charge in [-0.1, -0.05) is 36.4 Å². The topological polar surface area (TPSA) is 70.1 Å². The Hall–Kier alpha value is -2.60. The number of aliphatic carboxylic acids is 1.